The molecule has 0 aliphatic carbocycles. The lowest BCUT2D eigenvalue weighted by atomic mass is 10.2. The molecular weight excluding hydrogens is 312 g/mol. The number of nitrogens with zero attached hydrogens (tertiary/aromatic N) is 3. The molecule has 0 radical (unpaired) electrons. The minimum Gasteiger partial charge on any atom is -0.480 e. The number of carbonyl (C=O) groups is 2. The fraction of sp³-hybridized carbons (Fsp3) is 0.250. The van der Waals surface area contributed by atoms with Crippen molar-refractivity contribution >= 4 is 28.4 Å². The molecule has 1 amide bonds. The second kappa shape index (κ2) is 5.19. The number of aromatic nitrogens is 3. The molecule has 3 heterocycles. The second-order valence-electron chi connectivity index (χ2n) is 5.78. The van der Waals surface area contributed by atoms with Crippen LogP contribution >= 0.6 is 0 Å². The van der Waals surface area contributed by atoms with Crippen molar-refractivity contribution in [3.05, 3.63) is 46.4 Å². The number of hydrogen-bond acceptors (Lipinski definition) is 4. The minimum absolute atomic E-state index is 0.200. The Morgan fingerprint density at radius 2 is 2.08 bits per heavy atom. The molecule has 1 aromatic carbocycles. The number of benzene rings is 1. The molecule has 1 aliphatic rings. The zero-order chi connectivity index (χ0) is 16.8. The van der Waals surface area contributed by atoms with Crippen LogP contribution in [-0.2, 0) is 4.79 Å². The molecule has 8 nitrogen and oxygen atoms in total. The lowest BCUT2D eigenvalue weighted by Crippen LogP contribution is -2.40. The standard InChI is InChI=1S/C16H14N4O4/c21-14-9-4-1-2-5-11(9)20-13(18-14)10(8-17-20)15(22)19-7-3-6-12(19)16(23)24/h1-2,4-5,8,12H,3,6-7H2,(H,18,21)(H,23,24)/t12-/m1/s1. The molecule has 8 heteroatoms. The number of nitrogens with one attached hydrogen (secondary N) is 1. The molecule has 1 fully saturated rings. The average molecular weight is 326 g/mol. The molecule has 1 aliphatic heterocycles. The normalized spacial score (nSPS) is 17.7. The zero-order valence-corrected chi connectivity index (χ0v) is 12.6. The maximum Gasteiger partial charge on any atom is 0.326 e. The monoisotopic (exact) mass is 326 g/mol. The highest BCUT2D eigenvalue weighted by atomic mass is 16.4. The van der Waals surface area contributed by atoms with E-state index in [2.05, 4.69) is 10.1 Å². The van der Waals surface area contributed by atoms with Crippen LogP contribution in [0.2, 0.25) is 0 Å². The SMILES string of the molecule is O=C(O)[C@H]1CCCN1C(=O)c1cnn2c1[nH]c(=O)c1ccccc12. The van der Waals surface area contributed by atoms with E-state index in [1.807, 2.05) is 0 Å². The first kappa shape index (κ1) is 14.4. The van der Waals surface area contributed by atoms with E-state index in [4.69, 9.17) is 0 Å². The van der Waals surface area contributed by atoms with Gasteiger partial charge in [-0.1, -0.05) is 12.1 Å². The van der Waals surface area contributed by atoms with Crippen LogP contribution in [0.4, 0.5) is 0 Å². The van der Waals surface area contributed by atoms with E-state index in [0.29, 0.717) is 30.3 Å². The molecule has 0 saturated carbocycles. The topological polar surface area (TPSA) is 108 Å². The third-order valence-electron chi connectivity index (χ3n) is 4.41. The van der Waals surface area contributed by atoms with Crippen LogP contribution in [0.15, 0.2) is 35.3 Å². The van der Waals surface area contributed by atoms with Crippen molar-refractivity contribution in [2.45, 2.75) is 18.9 Å². The van der Waals surface area contributed by atoms with Gasteiger partial charge in [-0.05, 0) is 25.0 Å². The number of fused-ring (bicyclic) bond motifs is 3. The summed E-state index contributed by atoms with van der Waals surface area (Å²) in [5, 5.41) is 13.9. The summed E-state index contributed by atoms with van der Waals surface area (Å²) in [6, 6.07) is 6.12. The van der Waals surface area contributed by atoms with Gasteiger partial charge < -0.3 is 15.0 Å². The van der Waals surface area contributed by atoms with Crippen molar-refractivity contribution in [3.63, 3.8) is 0 Å². The molecular formula is C16H14N4O4. The van der Waals surface area contributed by atoms with Crippen LogP contribution in [0.5, 0.6) is 0 Å². The van der Waals surface area contributed by atoms with Gasteiger partial charge in [0.05, 0.1) is 17.1 Å². The van der Waals surface area contributed by atoms with Gasteiger partial charge in [-0.15, -0.1) is 0 Å². The molecule has 3 aromatic rings. The number of carboxylic acid groups (broad SMARTS) is 1. The Labute approximate surface area is 135 Å². The van der Waals surface area contributed by atoms with E-state index in [0.717, 1.165) is 0 Å². The molecule has 0 spiro atoms. The van der Waals surface area contributed by atoms with Gasteiger partial charge >= 0.3 is 5.97 Å². The minimum atomic E-state index is -1.02. The predicted molar refractivity (Wildman–Crippen MR) is 85.0 cm³/mol. The van der Waals surface area contributed by atoms with Crippen molar-refractivity contribution in [1.82, 2.24) is 19.5 Å². The number of hydrogen-bond donors (Lipinski definition) is 2. The van der Waals surface area contributed by atoms with Crippen LogP contribution < -0.4 is 5.56 Å². The van der Waals surface area contributed by atoms with Crippen molar-refractivity contribution in [2.24, 2.45) is 0 Å². The van der Waals surface area contributed by atoms with E-state index in [9.17, 15) is 19.5 Å². The van der Waals surface area contributed by atoms with Gasteiger partial charge in [0.1, 0.15) is 17.3 Å². The number of H-pyrrole nitrogens is 1. The number of rotatable bonds is 2. The quantitative estimate of drug-likeness (QED) is 0.726. The van der Waals surface area contributed by atoms with E-state index < -0.39 is 17.9 Å². The van der Waals surface area contributed by atoms with Crippen molar-refractivity contribution in [2.75, 3.05) is 6.54 Å². The maximum absolute atomic E-state index is 12.8. The predicted octanol–water partition coefficient (Wildman–Crippen LogP) is 0.865. The van der Waals surface area contributed by atoms with Crippen LogP contribution in [0, 0.1) is 0 Å². The Bertz CT molecular complexity index is 1040. The summed E-state index contributed by atoms with van der Waals surface area (Å²) in [7, 11) is 0. The molecule has 0 unspecified atom stereocenters. The number of aliphatic carboxylic acids is 1. The lowest BCUT2D eigenvalue weighted by Gasteiger charge is -2.20. The highest BCUT2D eigenvalue weighted by molar-refractivity contribution is 6.02. The van der Waals surface area contributed by atoms with Gasteiger partial charge in [0.15, 0.2) is 0 Å². The summed E-state index contributed by atoms with van der Waals surface area (Å²) in [4.78, 5) is 40.3. The van der Waals surface area contributed by atoms with E-state index in [1.165, 1.54) is 15.6 Å². The number of amides is 1. The van der Waals surface area contributed by atoms with Crippen molar-refractivity contribution < 1.29 is 14.7 Å². The molecule has 122 valence electrons. The van der Waals surface area contributed by atoms with Gasteiger partial charge in [0, 0.05) is 6.54 Å². The first-order chi connectivity index (χ1) is 11.6. The van der Waals surface area contributed by atoms with Crippen molar-refractivity contribution in [1.29, 1.82) is 0 Å². The van der Waals surface area contributed by atoms with Crippen LogP contribution in [0.25, 0.3) is 16.6 Å². The van der Waals surface area contributed by atoms with Gasteiger partial charge in [-0.25, -0.2) is 9.31 Å². The Morgan fingerprint density at radius 3 is 2.88 bits per heavy atom. The van der Waals surface area contributed by atoms with Crippen LogP contribution in [0.1, 0.15) is 23.2 Å². The Hall–Kier alpha value is -3.16. The third kappa shape index (κ3) is 1.99. The molecule has 2 aromatic heterocycles. The lowest BCUT2D eigenvalue weighted by molar-refractivity contribution is -0.141. The number of aromatic amines is 1. The van der Waals surface area contributed by atoms with Crippen LogP contribution in [0.3, 0.4) is 0 Å². The highest BCUT2D eigenvalue weighted by Gasteiger charge is 2.35. The third-order valence-corrected chi connectivity index (χ3v) is 4.41. The number of carbonyl (C=O) groups excluding carboxylic acids is 1. The molecule has 1 atom stereocenters. The number of likely N-dealkylation sites (tertiary alicyclic amines) is 1. The Kier molecular flexibility index (Phi) is 3.12. The number of carboxylic acids is 1. The van der Waals surface area contributed by atoms with Gasteiger partial charge in [-0.2, -0.15) is 5.10 Å². The Morgan fingerprint density at radius 1 is 1.29 bits per heavy atom. The largest absolute Gasteiger partial charge is 0.480 e. The zero-order valence-electron chi connectivity index (χ0n) is 12.6. The number of para-hydroxylation sites is 1. The van der Waals surface area contributed by atoms with E-state index in [1.54, 1.807) is 24.3 Å². The molecule has 4 rings (SSSR count). The van der Waals surface area contributed by atoms with Crippen LogP contribution in [-0.4, -0.2) is 49.1 Å². The first-order valence-corrected chi connectivity index (χ1v) is 7.60. The fourth-order valence-electron chi connectivity index (χ4n) is 3.25. The summed E-state index contributed by atoms with van der Waals surface area (Å²) in [5.41, 5.74) is 0.751. The van der Waals surface area contributed by atoms with Gasteiger partial charge in [-0.3, -0.25) is 9.59 Å². The Balaban J connectivity index is 1.88. The molecule has 24 heavy (non-hydrogen) atoms. The summed E-state index contributed by atoms with van der Waals surface area (Å²) in [5.74, 6) is -1.45. The highest BCUT2D eigenvalue weighted by Crippen LogP contribution is 2.22. The maximum atomic E-state index is 12.8. The van der Waals surface area contributed by atoms with Gasteiger partial charge in [0.2, 0.25) is 0 Å². The smallest absolute Gasteiger partial charge is 0.326 e. The van der Waals surface area contributed by atoms with Gasteiger partial charge in [0.25, 0.3) is 11.5 Å². The van der Waals surface area contributed by atoms with E-state index in [-0.39, 0.29) is 16.8 Å². The molecule has 1 saturated heterocycles. The van der Waals surface area contributed by atoms with Crippen molar-refractivity contribution in [3.8, 4) is 0 Å². The summed E-state index contributed by atoms with van der Waals surface area (Å²) < 4.78 is 1.50. The second-order valence-corrected chi connectivity index (χ2v) is 5.78. The average Bonchev–Trinajstić information content (AvgIpc) is 3.21. The first-order valence-electron chi connectivity index (χ1n) is 7.60. The fourth-order valence-corrected chi connectivity index (χ4v) is 3.25. The summed E-state index contributed by atoms with van der Waals surface area (Å²) >= 11 is 0. The summed E-state index contributed by atoms with van der Waals surface area (Å²) in [6.07, 6.45) is 2.44. The summed E-state index contributed by atoms with van der Waals surface area (Å²) in [6.45, 7) is 0.380. The molecule has 2 N–H and O–H groups in total. The van der Waals surface area contributed by atoms with E-state index >= 15 is 0 Å². The molecule has 0 bridgehead atoms.